The van der Waals surface area contributed by atoms with E-state index in [-0.39, 0.29) is 6.10 Å². The molecule has 4 heteroatoms. The maximum Gasteiger partial charge on any atom is 0.0968 e. The molecule has 1 aliphatic rings. The summed E-state index contributed by atoms with van der Waals surface area (Å²) in [6.07, 6.45) is 5.08. The van der Waals surface area contributed by atoms with Crippen molar-refractivity contribution in [2.45, 2.75) is 44.9 Å². The Morgan fingerprint density at radius 2 is 2.53 bits per heavy atom. The van der Waals surface area contributed by atoms with Crippen LogP contribution in [0.4, 0.5) is 0 Å². The minimum Gasteiger partial charge on any atom is -0.387 e. The average molecular weight is 210 g/mol. The van der Waals surface area contributed by atoms with Crippen molar-refractivity contribution in [1.29, 1.82) is 0 Å². The van der Waals surface area contributed by atoms with Gasteiger partial charge < -0.3 is 9.84 Å². The molecule has 2 heterocycles. The van der Waals surface area contributed by atoms with Gasteiger partial charge in [-0.15, -0.1) is 0 Å². The van der Waals surface area contributed by atoms with E-state index in [2.05, 4.69) is 5.10 Å². The molecule has 1 aromatic heterocycles. The quantitative estimate of drug-likeness (QED) is 0.809. The van der Waals surface area contributed by atoms with Crippen molar-refractivity contribution in [2.75, 3.05) is 6.61 Å². The van der Waals surface area contributed by atoms with Crippen LogP contribution < -0.4 is 0 Å². The molecule has 4 nitrogen and oxygen atoms in total. The average Bonchev–Trinajstić information content (AvgIpc) is 2.76. The number of hydrogen-bond donors (Lipinski definition) is 1. The van der Waals surface area contributed by atoms with Crippen molar-refractivity contribution in [3.8, 4) is 0 Å². The van der Waals surface area contributed by atoms with Gasteiger partial charge in [0.05, 0.1) is 17.9 Å². The van der Waals surface area contributed by atoms with Gasteiger partial charge in [-0.3, -0.25) is 4.68 Å². The summed E-state index contributed by atoms with van der Waals surface area (Å²) >= 11 is 0. The number of hydrogen-bond acceptors (Lipinski definition) is 3. The summed E-state index contributed by atoms with van der Waals surface area (Å²) in [6, 6.07) is 0. The molecule has 2 atom stereocenters. The molecule has 2 unspecified atom stereocenters. The summed E-state index contributed by atoms with van der Waals surface area (Å²) in [5.74, 6) is 0. The Bertz CT molecular complexity index is 337. The molecule has 1 aliphatic heterocycles. The summed E-state index contributed by atoms with van der Waals surface area (Å²) < 4.78 is 7.27. The largest absolute Gasteiger partial charge is 0.387 e. The monoisotopic (exact) mass is 210 g/mol. The zero-order valence-corrected chi connectivity index (χ0v) is 9.31. The summed E-state index contributed by atoms with van der Waals surface area (Å²) in [6.45, 7) is 5.49. The Morgan fingerprint density at radius 1 is 1.73 bits per heavy atom. The van der Waals surface area contributed by atoms with Crippen molar-refractivity contribution in [3.05, 3.63) is 18.0 Å². The van der Waals surface area contributed by atoms with Crippen molar-refractivity contribution in [1.82, 2.24) is 9.78 Å². The van der Waals surface area contributed by atoms with Gasteiger partial charge in [-0.05, 0) is 19.4 Å². The molecule has 1 N–H and O–H groups in total. The molecule has 84 valence electrons. The van der Waals surface area contributed by atoms with E-state index < -0.39 is 5.60 Å². The summed E-state index contributed by atoms with van der Waals surface area (Å²) in [5, 5.41) is 14.5. The Morgan fingerprint density at radius 3 is 3.07 bits per heavy atom. The van der Waals surface area contributed by atoms with Crippen LogP contribution in [0.15, 0.2) is 12.4 Å². The highest BCUT2D eigenvalue weighted by Crippen LogP contribution is 2.29. The van der Waals surface area contributed by atoms with E-state index in [4.69, 9.17) is 4.74 Å². The number of aliphatic hydroxyl groups is 1. The first kappa shape index (κ1) is 10.6. The van der Waals surface area contributed by atoms with E-state index in [1.54, 1.807) is 0 Å². The van der Waals surface area contributed by atoms with Crippen molar-refractivity contribution >= 4 is 0 Å². The maximum atomic E-state index is 10.3. The highest BCUT2D eigenvalue weighted by molar-refractivity contribution is 5.10. The van der Waals surface area contributed by atoms with Gasteiger partial charge in [-0.25, -0.2) is 0 Å². The third kappa shape index (κ3) is 2.06. The number of ether oxygens (including phenoxy) is 1. The van der Waals surface area contributed by atoms with Crippen LogP contribution in [0.25, 0.3) is 0 Å². The van der Waals surface area contributed by atoms with E-state index in [1.807, 2.05) is 30.9 Å². The van der Waals surface area contributed by atoms with Gasteiger partial charge in [-0.2, -0.15) is 5.10 Å². The van der Waals surface area contributed by atoms with Crippen molar-refractivity contribution in [2.24, 2.45) is 0 Å². The fourth-order valence-corrected chi connectivity index (χ4v) is 2.03. The van der Waals surface area contributed by atoms with Crippen LogP contribution >= 0.6 is 0 Å². The predicted octanol–water partition coefficient (Wildman–Crippen LogP) is 0.985. The van der Waals surface area contributed by atoms with Gasteiger partial charge in [0.15, 0.2) is 0 Å². The Balaban J connectivity index is 2.07. The molecule has 1 saturated heterocycles. The van der Waals surface area contributed by atoms with Crippen molar-refractivity contribution in [3.63, 3.8) is 0 Å². The lowest BCUT2D eigenvalue weighted by Crippen LogP contribution is -2.38. The van der Waals surface area contributed by atoms with Gasteiger partial charge >= 0.3 is 0 Å². The molecule has 0 aliphatic carbocycles. The molecule has 0 amide bonds. The fourth-order valence-electron chi connectivity index (χ4n) is 2.03. The second-order valence-corrected chi connectivity index (χ2v) is 4.25. The summed E-state index contributed by atoms with van der Waals surface area (Å²) in [5.41, 5.74) is 0.374. The van der Waals surface area contributed by atoms with E-state index in [1.165, 1.54) is 0 Å². The van der Waals surface area contributed by atoms with Crippen molar-refractivity contribution < 1.29 is 9.84 Å². The predicted molar refractivity (Wildman–Crippen MR) is 56.6 cm³/mol. The third-order valence-corrected chi connectivity index (χ3v) is 3.18. The first-order chi connectivity index (χ1) is 7.14. The molecule has 0 spiro atoms. The summed E-state index contributed by atoms with van der Waals surface area (Å²) in [7, 11) is 0. The number of nitrogens with zero attached hydrogens (tertiary/aromatic N) is 2. The summed E-state index contributed by atoms with van der Waals surface area (Å²) in [4.78, 5) is 0. The topological polar surface area (TPSA) is 47.3 Å². The van der Waals surface area contributed by atoms with Gasteiger partial charge in [0.25, 0.3) is 0 Å². The standard InChI is InChI=1S/C11H18N2O2/c1-3-13-8-10(7-12-13)6-11(14)4-5-15-9(11)2/h7-9,14H,3-6H2,1-2H3. The minimum atomic E-state index is -0.707. The zero-order valence-electron chi connectivity index (χ0n) is 9.31. The molecule has 15 heavy (non-hydrogen) atoms. The molecule has 0 bridgehead atoms. The highest BCUT2D eigenvalue weighted by atomic mass is 16.5. The first-order valence-electron chi connectivity index (χ1n) is 5.49. The van der Waals surface area contributed by atoms with Gasteiger partial charge in [0.2, 0.25) is 0 Å². The van der Waals surface area contributed by atoms with Crippen LogP contribution in [-0.2, 0) is 17.7 Å². The van der Waals surface area contributed by atoms with E-state index >= 15 is 0 Å². The molecule has 0 radical (unpaired) electrons. The van der Waals surface area contributed by atoms with Gasteiger partial charge in [0.1, 0.15) is 0 Å². The number of rotatable bonds is 3. The van der Waals surface area contributed by atoms with Crippen LogP contribution in [0, 0.1) is 0 Å². The Labute approximate surface area is 89.9 Å². The van der Waals surface area contributed by atoms with Crippen LogP contribution in [0.1, 0.15) is 25.8 Å². The van der Waals surface area contributed by atoms with Gasteiger partial charge in [0, 0.05) is 32.2 Å². The highest BCUT2D eigenvalue weighted by Gasteiger charge is 2.39. The van der Waals surface area contributed by atoms with Crippen LogP contribution in [0.3, 0.4) is 0 Å². The van der Waals surface area contributed by atoms with Crippen LogP contribution in [0.2, 0.25) is 0 Å². The Kier molecular flexibility index (Phi) is 2.80. The lowest BCUT2D eigenvalue weighted by Gasteiger charge is -2.25. The minimum absolute atomic E-state index is 0.0810. The van der Waals surface area contributed by atoms with Gasteiger partial charge in [-0.1, -0.05) is 0 Å². The first-order valence-corrected chi connectivity index (χ1v) is 5.49. The Hall–Kier alpha value is -0.870. The molecule has 2 rings (SSSR count). The van der Waals surface area contributed by atoms with E-state index in [9.17, 15) is 5.11 Å². The molecule has 1 fully saturated rings. The molecular weight excluding hydrogens is 192 g/mol. The second kappa shape index (κ2) is 3.94. The lowest BCUT2D eigenvalue weighted by molar-refractivity contribution is -0.0268. The number of aromatic nitrogens is 2. The second-order valence-electron chi connectivity index (χ2n) is 4.25. The molecule has 1 aromatic rings. The smallest absolute Gasteiger partial charge is 0.0968 e. The number of aryl methyl sites for hydroxylation is 1. The molecule has 0 saturated carbocycles. The molecular formula is C11H18N2O2. The van der Waals surface area contributed by atoms with E-state index in [0.29, 0.717) is 19.4 Å². The zero-order chi connectivity index (χ0) is 10.9. The fraction of sp³-hybridized carbons (Fsp3) is 0.727. The van der Waals surface area contributed by atoms with E-state index in [0.717, 1.165) is 12.1 Å². The van der Waals surface area contributed by atoms with Crippen LogP contribution in [-0.4, -0.2) is 33.2 Å². The normalized spacial score (nSPS) is 31.0. The molecule has 0 aromatic carbocycles. The SMILES string of the molecule is CCn1cc(CC2(O)CCOC2C)cn1. The third-order valence-electron chi connectivity index (χ3n) is 3.18. The van der Waals surface area contributed by atoms with Crippen LogP contribution in [0.5, 0.6) is 0 Å². The maximum absolute atomic E-state index is 10.3. The lowest BCUT2D eigenvalue weighted by atomic mass is 9.90.